The van der Waals surface area contributed by atoms with E-state index >= 15 is 0 Å². The number of hydrogen-bond donors (Lipinski definition) is 1. The Morgan fingerprint density at radius 2 is 1.84 bits per heavy atom. The van der Waals surface area contributed by atoms with Gasteiger partial charge in [-0.25, -0.2) is 0 Å². The first-order valence-electron chi connectivity index (χ1n) is 6.33. The molecule has 0 aromatic heterocycles. The second-order valence-corrected chi connectivity index (χ2v) is 4.19. The molecule has 0 aliphatic heterocycles. The van der Waals surface area contributed by atoms with Crippen molar-refractivity contribution in [1.29, 1.82) is 0 Å². The molecule has 1 amide bonds. The maximum atomic E-state index is 11.1. The van der Waals surface area contributed by atoms with Crippen molar-refractivity contribution in [2.45, 2.75) is 13.5 Å². The van der Waals surface area contributed by atoms with E-state index in [-0.39, 0.29) is 5.91 Å². The largest absolute Gasteiger partial charge is 0.377 e. The van der Waals surface area contributed by atoms with Crippen molar-refractivity contribution in [3.63, 3.8) is 0 Å². The summed E-state index contributed by atoms with van der Waals surface area (Å²) >= 11 is 0. The Labute approximate surface area is 114 Å². The molecule has 0 heterocycles. The summed E-state index contributed by atoms with van der Waals surface area (Å²) in [6, 6.07) is 9.99. The fourth-order valence-corrected chi connectivity index (χ4v) is 1.37. The molecule has 0 aliphatic rings. The second-order valence-electron chi connectivity index (χ2n) is 4.19. The molecule has 0 atom stereocenters. The van der Waals surface area contributed by atoms with Crippen LogP contribution in [0.15, 0.2) is 42.5 Å². The van der Waals surface area contributed by atoms with Gasteiger partial charge in [0.25, 0.3) is 0 Å². The number of nitrogens with one attached hydrogen (secondary N) is 1. The minimum absolute atomic E-state index is 0.135. The molecule has 1 N–H and O–H groups in total. The van der Waals surface area contributed by atoms with Gasteiger partial charge in [-0.15, -0.1) is 0 Å². The van der Waals surface area contributed by atoms with Crippen LogP contribution in [0, 0.1) is 0 Å². The highest BCUT2D eigenvalue weighted by atomic mass is 16.5. The van der Waals surface area contributed by atoms with Gasteiger partial charge < -0.3 is 14.8 Å². The first kappa shape index (κ1) is 15.4. The van der Waals surface area contributed by atoms with Crippen LogP contribution in [0.2, 0.25) is 0 Å². The number of carbonyl (C=O) groups excluding carboxylic acids is 1. The fourth-order valence-electron chi connectivity index (χ4n) is 1.37. The van der Waals surface area contributed by atoms with E-state index < -0.39 is 0 Å². The lowest BCUT2D eigenvalue weighted by Crippen LogP contribution is -2.27. The van der Waals surface area contributed by atoms with E-state index in [1.54, 1.807) is 6.92 Å². The van der Waals surface area contributed by atoms with Crippen LogP contribution in [-0.2, 0) is 20.9 Å². The monoisotopic (exact) mass is 263 g/mol. The molecule has 1 aromatic rings. The highest BCUT2D eigenvalue weighted by Gasteiger charge is 1.99. The van der Waals surface area contributed by atoms with E-state index in [0.29, 0.717) is 38.5 Å². The van der Waals surface area contributed by atoms with Gasteiger partial charge >= 0.3 is 0 Å². The second kappa shape index (κ2) is 9.30. The van der Waals surface area contributed by atoms with Gasteiger partial charge in [0.05, 0.1) is 26.4 Å². The Morgan fingerprint density at radius 3 is 2.53 bits per heavy atom. The van der Waals surface area contributed by atoms with Gasteiger partial charge in [0.15, 0.2) is 0 Å². The number of rotatable bonds is 9. The zero-order valence-electron chi connectivity index (χ0n) is 11.4. The van der Waals surface area contributed by atoms with E-state index in [4.69, 9.17) is 9.47 Å². The lowest BCUT2D eigenvalue weighted by Gasteiger charge is -2.07. The van der Waals surface area contributed by atoms with Crippen LogP contribution in [0.25, 0.3) is 0 Å². The van der Waals surface area contributed by atoms with Crippen molar-refractivity contribution >= 4 is 5.91 Å². The highest BCUT2D eigenvalue weighted by Crippen LogP contribution is 1.99. The van der Waals surface area contributed by atoms with E-state index in [1.807, 2.05) is 30.3 Å². The van der Waals surface area contributed by atoms with Gasteiger partial charge in [0.1, 0.15) is 0 Å². The average molecular weight is 263 g/mol. The fraction of sp³-hybridized carbons (Fsp3) is 0.400. The Bertz CT molecular complexity index is 390. The third-order valence-electron chi connectivity index (χ3n) is 2.40. The smallest absolute Gasteiger partial charge is 0.246 e. The number of carbonyl (C=O) groups is 1. The third-order valence-corrected chi connectivity index (χ3v) is 2.40. The standard InChI is InChI=1S/C15H21NO3/c1-13(2)15(17)16-8-9-18-10-11-19-12-14-6-4-3-5-7-14/h3-7H,1,8-12H2,2H3,(H,16,17). The molecule has 1 rings (SSSR count). The molecule has 0 saturated heterocycles. The summed E-state index contributed by atoms with van der Waals surface area (Å²) in [6.45, 7) is 7.86. The molecule has 4 nitrogen and oxygen atoms in total. The maximum Gasteiger partial charge on any atom is 0.246 e. The molecule has 0 radical (unpaired) electrons. The minimum Gasteiger partial charge on any atom is -0.377 e. The molecule has 19 heavy (non-hydrogen) atoms. The Morgan fingerprint density at radius 1 is 1.16 bits per heavy atom. The van der Waals surface area contributed by atoms with Crippen LogP contribution in [0.4, 0.5) is 0 Å². The number of benzene rings is 1. The number of ether oxygens (including phenoxy) is 2. The van der Waals surface area contributed by atoms with Gasteiger partial charge in [-0.3, -0.25) is 4.79 Å². The molecular weight excluding hydrogens is 242 g/mol. The molecule has 4 heteroatoms. The van der Waals surface area contributed by atoms with Gasteiger partial charge in [-0.1, -0.05) is 36.9 Å². The van der Waals surface area contributed by atoms with Crippen LogP contribution in [0.1, 0.15) is 12.5 Å². The van der Waals surface area contributed by atoms with Gasteiger partial charge in [0, 0.05) is 12.1 Å². The van der Waals surface area contributed by atoms with E-state index in [2.05, 4.69) is 11.9 Å². The predicted octanol–water partition coefficient (Wildman–Crippen LogP) is 1.91. The zero-order valence-corrected chi connectivity index (χ0v) is 11.4. The van der Waals surface area contributed by atoms with Crippen molar-refractivity contribution in [3.05, 3.63) is 48.0 Å². The van der Waals surface area contributed by atoms with Crippen LogP contribution in [-0.4, -0.2) is 32.3 Å². The molecule has 0 saturated carbocycles. The van der Waals surface area contributed by atoms with Crippen molar-refractivity contribution in [3.8, 4) is 0 Å². The van der Waals surface area contributed by atoms with Crippen LogP contribution < -0.4 is 5.32 Å². The summed E-state index contributed by atoms with van der Waals surface area (Å²) in [4.78, 5) is 11.1. The Hall–Kier alpha value is -1.65. The number of amides is 1. The van der Waals surface area contributed by atoms with E-state index in [0.717, 1.165) is 5.56 Å². The summed E-state index contributed by atoms with van der Waals surface area (Å²) in [5.74, 6) is -0.135. The predicted molar refractivity (Wildman–Crippen MR) is 74.7 cm³/mol. The third kappa shape index (κ3) is 7.39. The zero-order chi connectivity index (χ0) is 13.9. The lowest BCUT2D eigenvalue weighted by atomic mass is 10.2. The Kier molecular flexibility index (Phi) is 7.54. The molecular formula is C15H21NO3. The van der Waals surface area contributed by atoms with Crippen molar-refractivity contribution < 1.29 is 14.3 Å². The maximum absolute atomic E-state index is 11.1. The molecule has 0 aliphatic carbocycles. The highest BCUT2D eigenvalue weighted by molar-refractivity contribution is 5.91. The van der Waals surface area contributed by atoms with Crippen LogP contribution in [0.5, 0.6) is 0 Å². The van der Waals surface area contributed by atoms with Crippen molar-refractivity contribution in [2.24, 2.45) is 0 Å². The SMILES string of the molecule is C=C(C)C(=O)NCCOCCOCc1ccccc1. The summed E-state index contributed by atoms with van der Waals surface area (Å²) in [5.41, 5.74) is 1.66. The molecule has 1 aromatic carbocycles. The number of hydrogen-bond acceptors (Lipinski definition) is 3. The van der Waals surface area contributed by atoms with Gasteiger partial charge in [0.2, 0.25) is 5.91 Å². The molecule has 0 unspecified atom stereocenters. The molecule has 104 valence electrons. The normalized spacial score (nSPS) is 10.2. The van der Waals surface area contributed by atoms with Crippen molar-refractivity contribution in [1.82, 2.24) is 5.32 Å². The first-order valence-corrected chi connectivity index (χ1v) is 6.33. The van der Waals surface area contributed by atoms with Gasteiger partial charge in [-0.05, 0) is 12.5 Å². The Balaban J connectivity index is 1.92. The molecule has 0 bridgehead atoms. The summed E-state index contributed by atoms with van der Waals surface area (Å²) in [7, 11) is 0. The summed E-state index contributed by atoms with van der Waals surface area (Å²) in [5, 5.41) is 2.69. The van der Waals surface area contributed by atoms with Crippen LogP contribution >= 0.6 is 0 Å². The molecule has 0 spiro atoms. The minimum atomic E-state index is -0.135. The van der Waals surface area contributed by atoms with E-state index in [1.165, 1.54) is 0 Å². The van der Waals surface area contributed by atoms with Gasteiger partial charge in [-0.2, -0.15) is 0 Å². The van der Waals surface area contributed by atoms with Crippen molar-refractivity contribution in [2.75, 3.05) is 26.4 Å². The van der Waals surface area contributed by atoms with Crippen LogP contribution in [0.3, 0.4) is 0 Å². The summed E-state index contributed by atoms with van der Waals surface area (Å²) in [6.07, 6.45) is 0. The molecule has 0 fully saturated rings. The first-order chi connectivity index (χ1) is 9.20. The quantitative estimate of drug-likeness (QED) is 0.547. The van der Waals surface area contributed by atoms with E-state index in [9.17, 15) is 4.79 Å². The topological polar surface area (TPSA) is 47.6 Å². The summed E-state index contributed by atoms with van der Waals surface area (Å²) < 4.78 is 10.8. The lowest BCUT2D eigenvalue weighted by molar-refractivity contribution is -0.117. The average Bonchev–Trinajstić information content (AvgIpc) is 2.42.